The summed E-state index contributed by atoms with van der Waals surface area (Å²) < 4.78 is 1.77. The molecule has 0 aliphatic heterocycles. The minimum Gasteiger partial charge on any atom is -0.393 e. The van der Waals surface area contributed by atoms with Crippen molar-refractivity contribution in [1.82, 2.24) is 20.1 Å². The summed E-state index contributed by atoms with van der Waals surface area (Å²) in [4.78, 5) is 17.6. The molecule has 2 N–H and O–H groups in total. The smallest absolute Gasteiger partial charge is 0.252 e. The number of fused-ring (bicyclic) bond motifs is 1. The number of aryl methyl sites for hydroxylation is 2. The molecular weight excluding hydrogens is 316 g/mol. The minimum atomic E-state index is -0.217. The molecule has 2 saturated carbocycles. The first-order chi connectivity index (χ1) is 12.0. The van der Waals surface area contributed by atoms with Gasteiger partial charge in [-0.15, -0.1) is 0 Å². The highest BCUT2D eigenvalue weighted by molar-refractivity contribution is 6.06. The Labute approximate surface area is 147 Å². The van der Waals surface area contributed by atoms with Gasteiger partial charge in [0.15, 0.2) is 5.65 Å². The average Bonchev–Trinajstić information content (AvgIpc) is 3.39. The average molecular weight is 342 g/mol. The third kappa shape index (κ3) is 3.27. The molecule has 2 unspecified atom stereocenters. The topological polar surface area (TPSA) is 80.0 Å². The first kappa shape index (κ1) is 16.5. The van der Waals surface area contributed by atoms with Gasteiger partial charge < -0.3 is 10.4 Å². The van der Waals surface area contributed by atoms with Crippen molar-refractivity contribution < 1.29 is 9.90 Å². The zero-order valence-corrected chi connectivity index (χ0v) is 15.0. The number of hydrogen-bond acceptors (Lipinski definition) is 4. The van der Waals surface area contributed by atoms with Gasteiger partial charge in [-0.3, -0.25) is 9.48 Å². The van der Waals surface area contributed by atoms with E-state index < -0.39 is 0 Å². The predicted octanol–water partition coefficient (Wildman–Crippen LogP) is 2.44. The van der Waals surface area contributed by atoms with Crippen LogP contribution in [0.3, 0.4) is 0 Å². The van der Waals surface area contributed by atoms with E-state index in [9.17, 15) is 9.90 Å². The molecule has 2 aliphatic carbocycles. The van der Waals surface area contributed by atoms with Crippen LogP contribution in [0.4, 0.5) is 0 Å². The number of amides is 1. The number of nitrogens with zero attached hydrogens (tertiary/aromatic N) is 3. The zero-order chi connectivity index (χ0) is 17.6. The van der Waals surface area contributed by atoms with Gasteiger partial charge in [-0.2, -0.15) is 5.10 Å². The van der Waals surface area contributed by atoms with Gasteiger partial charge in [-0.1, -0.05) is 6.42 Å². The molecule has 25 heavy (non-hydrogen) atoms. The summed E-state index contributed by atoms with van der Waals surface area (Å²) in [6.45, 7) is 2.55. The Kier molecular flexibility index (Phi) is 4.23. The first-order valence-electron chi connectivity index (χ1n) is 9.33. The second-order valence-corrected chi connectivity index (χ2v) is 7.67. The third-order valence-electron chi connectivity index (χ3n) is 5.54. The van der Waals surface area contributed by atoms with Crippen LogP contribution in [0.1, 0.15) is 66.2 Å². The number of hydrogen-bond donors (Lipinski definition) is 2. The molecule has 2 fully saturated rings. The summed E-state index contributed by atoms with van der Waals surface area (Å²) in [5, 5.41) is 18.2. The van der Waals surface area contributed by atoms with Crippen molar-refractivity contribution in [3.05, 3.63) is 23.0 Å². The van der Waals surface area contributed by atoms with Crippen LogP contribution < -0.4 is 5.32 Å². The Balaban J connectivity index is 1.59. The van der Waals surface area contributed by atoms with Crippen molar-refractivity contribution in [2.24, 2.45) is 13.0 Å². The SMILES string of the molecule is Cc1nn(C)c2nc(C3CC3)cc(C(=O)NCC3CCCC(O)C3)c12. The van der Waals surface area contributed by atoms with Gasteiger partial charge in [0.25, 0.3) is 5.91 Å². The Morgan fingerprint density at radius 3 is 2.88 bits per heavy atom. The molecule has 0 saturated heterocycles. The fourth-order valence-corrected chi connectivity index (χ4v) is 4.01. The molecule has 0 aromatic carbocycles. The fraction of sp³-hybridized carbons (Fsp3) is 0.632. The Hall–Kier alpha value is -1.95. The van der Waals surface area contributed by atoms with Crippen molar-refractivity contribution >= 4 is 16.9 Å². The standard InChI is InChI=1S/C19H26N4O2/c1-11-17-15(19(25)20-10-12-4-3-5-14(24)8-12)9-16(13-6-7-13)21-18(17)23(2)22-11/h9,12-14,24H,3-8,10H2,1-2H3,(H,20,25). The summed E-state index contributed by atoms with van der Waals surface area (Å²) in [6, 6.07) is 1.96. The van der Waals surface area contributed by atoms with Crippen LogP contribution in [-0.2, 0) is 7.05 Å². The molecule has 6 nitrogen and oxygen atoms in total. The highest BCUT2D eigenvalue weighted by atomic mass is 16.3. The largest absolute Gasteiger partial charge is 0.393 e. The maximum Gasteiger partial charge on any atom is 0.252 e. The minimum absolute atomic E-state index is 0.0505. The van der Waals surface area contributed by atoms with Crippen molar-refractivity contribution in [1.29, 1.82) is 0 Å². The van der Waals surface area contributed by atoms with E-state index in [-0.39, 0.29) is 12.0 Å². The van der Waals surface area contributed by atoms with Crippen LogP contribution in [-0.4, -0.2) is 38.4 Å². The maximum absolute atomic E-state index is 12.9. The van der Waals surface area contributed by atoms with E-state index in [0.29, 0.717) is 23.9 Å². The van der Waals surface area contributed by atoms with Crippen LogP contribution in [0.5, 0.6) is 0 Å². The number of pyridine rings is 1. The van der Waals surface area contributed by atoms with Crippen molar-refractivity contribution in [2.75, 3.05) is 6.54 Å². The highest BCUT2D eigenvalue weighted by Crippen LogP contribution is 2.40. The molecule has 0 spiro atoms. The van der Waals surface area contributed by atoms with E-state index >= 15 is 0 Å². The molecule has 134 valence electrons. The Bertz CT molecular complexity index is 809. The molecule has 6 heteroatoms. The first-order valence-corrected chi connectivity index (χ1v) is 9.33. The lowest BCUT2D eigenvalue weighted by Gasteiger charge is -2.26. The molecule has 4 rings (SSSR count). The van der Waals surface area contributed by atoms with Crippen molar-refractivity contribution in [3.8, 4) is 0 Å². The summed E-state index contributed by atoms with van der Waals surface area (Å²) in [6.07, 6.45) is 5.86. The molecule has 1 amide bonds. The lowest BCUT2D eigenvalue weighted by Crippen LogP contribution is -2.33. The zero-order valence-electron chi connectivity index (χ0n) is 15.0. The summed E-state index contributed by atoms with van der Waals surface area (Å²) >= 11 is 0. The van der Waals surface area contributed by atoms with Gasteiger partial charge in [0, 0.05) is 25.2 Å². The lowest BCUT2D eigenvalue weighted by molar-refractivity contribution is 0.0875. The van der Waals surface area contributed by atoms with Gasteiger partial charge in [-0.25, -0.2) is 4.98 Å². The molecule has 2 atom stereocenters. The molecular formula is C19H26N4O2. The van der Waals surface area contributed by atoms with Crippen LogP contribution in [0.25, 0.3) is 11.0 Å². The fourth-order valence-electron chi connectivity index (χ4n) is 4.01. The third-order valence-corrected chi connectivity index (χ3v) is 5.54. The number of nitrogens with one attached hydrogen (secondary N) is 1. The summed E-state index contributed by atoms with van der Waals surface area (Å²) in [7, 11) is 1.88. The number of aromatic nitrogens is 3. The number of carbonyl (C=O) groups excluding carboxylic acids is 1. The van der Waals surface area contributed by atoms with Gasteiger partial charge in [0.1, 0.15) is 0 Å². The second kappa shape index (κ2) is 6.41. The van der Waals surface area contributed by atoms with Gasteiger partial charge in [0.2, 0.25) is 0 Å². The summed E-state index contributed by atoms with van der Waals surface area (Å²) in [5.41, 5.74) is 3.33. The van der Waals surface area contributed by atoms with Gasteiger partial charge in [-0.05, 0) is 51.0 Å². The number of aliphatic hydroxyl groups excluding tert-OH is 1. The molecule has 2 aromatic rings. The van der Waals surface area contributed by atoms with E-state index in [2.05, 4.69) is 10.4 Å². The van der Waals surface area contributed by atoms with Crippen molar-refractivity contribution in [2.45, 2.75) is 57.5 Å². The van der Waals surface area contributed by atoms with Gasteiger partial charge in [0.05, 0.1) is 22.7 Å². The second-order valence-electron chi connectivity index (χ2n) is 7.67. The Morgan fingerprint density at radius 1 is 1.36 bits per heavy atom. The molecule has 0 bridgehead atoms. The normalized spacial score (nSPS) is 23.8. The summed E-state index contributed by atoms with van der Waals surface area (Å²) in [5.74, 6) is 0.799. The van der Waals surface area contributed by atoms with Crippen molar-refractivity contribution in [3.63, 3.8) is 0 Å². The molecule has 2 aliphatic rings. The van der Waals surface area contributed by atoms with E-state index in [1.807, 2.05) is 20.0 Å². The van der Waals surface area contributed by atoms with Gasteiger partial charge >= 0.3 is 0 Å². The molecule has 0 radical (unpaired) electrons. The van der Waals surface area contributed by atoms with Crippen LogP contribution in [0.15, 0.2) is 6.07 Å². The monoisotopic (exact) mass is 342 g/mol. The van der Waals surface area contributed by atoms with E-state index in [0.717, 1.165) is 60.9 Å². The molecule has 2 aromatic heterocycles. The van der Waals surface area contributed by atoms with Crippen LogP contribution >= 0.6 is 0 Å². The van der Waals surface area contributed by atoms with Crippen LogP contribution in [0.2, 0.25) is 0 Å². The lowest BCUT2D eigenvalue weighted by atomic mass is 9.87. The number of carbonyl (C=O) groups is 1. The van der Waals surface area contributed by atoms with Crippen LogP contribution in [0, 0.1) is 12.8 Å². The highest BCUT2D eigenvalue weighted by Gasteiger charge is 2.29. The number of rotatable bonds is 4. The number of aliphatic hydroxyl groups is 1. The Morgan fingerprint density at radius 2 is 2.16 bits per heavy atom. The predicted molar refractivity (Wildman–Crippen MR) is 95.5 cm³/mol. The quantitative estimate of drug-likeness (QED) is 0.894. The van der Waals surface area contributed by atoms with E-state index in [4.69, 9.17) is 4.98 Å². The maximum atomic E-state index is 12.9. The van der Waals surface area contributed by atoms with E-state index in [1.54, 1.807) is 4.68 Å². The van der Waals surface area contributed by atoms with E-state index in [1.165, 1.54) is 0 Å². The molecule has 2 heterocycles.